The number of hydrogen-bond donors (Lipinski definition) is 0. The zero-order valence-electron chi connectivity index (χ0n) is 4.23. The Labute approximate surface area is 58.0 Å². The van der Waals surface area contributed by atoms with Crippen molar-refractivity contribution in [1.82, 2.24) is 0 Å². The molecule has 0 amide bonds. The van der Waals surface area contributed by atoms with Gasteiger partial charge in [-0.1, -0.05) is 0 Å². The van der Waals surface area contributed by atoms with Gasteiger partial charge >= 0.3 is 0 Å². The molecule has 0 aromatic heterocycles. The van der Waals surface area contributed by atoms with E-state index in [1.165, 1.54) is 0 Å². The third kappa shape index (κ3) is 0.981. The molecule has 0 radical (unpaired) electrons. The molecule has 8 heavy (non-hydrogen) atoms. The molecule has 0 bridgehead atoms. The SMILES string of the molecule is O=C1[C@@H](Cl)CC[C@@H]1Cl. The van der Waals surface area contributed by atoms with Crippen molar-refractivity contribution < 1.29 is 4.79 Å². The van der Waals surface area contributed by atoms with Crippen molar-refractivity contribution >= 4 is 29.0 Å². The van der Waals surface area contributed by atoms with Crippen LogP contribution in [0.15, 0.2) is 0 Å². The van der Waals surface area contributed by atoms with E-state index in [0.717, 1.165) is 12.8 Å². The molecule has 0 aromatic rings. The van der Waals surface area contributed by atoms with Crippen LogP contribution in [-0.2, 0) is 4.79 Å². The van der Waals surface area contributed by atoms with E-state index in [-0.39, 0.29) is 16.5 Å². The summed E-state index contributed by atoms with van der Waals surface area (Å²) in [5.74, 6) is -0.00617. The van der Waals surface area contributed by atoms with Gasteiger partial charge in [0.15, 0.2) is 5.78 Å². The van der Waals surface area contributed by atoms with E-state index in [0.29, 0.717) is 0 Å². The van der Waals surface area contributed by atoms with Crippen LogP contribution in [0.2, 0.25) is 0 Å². The van der Waals surface area contributed by atoms with E-state index < -0.39 is 0 Å². The largest absolute Gasteiger partial charge is 0.296 e. The van der Waals surface area contributed by atoms with Crippen molar-refractivity contribution in [3.8, 4) is 0 Å². The van der Waals surface area contributed by atoms with Crippen LogP contribution >= 0.6 is 23.2 Å². The van der Waals surface area contributed by atoms with Gasteiger partial charge in [-0.25, -0.2) is 0 Å². The molecular formula is C5H6Cl2O. The number of Topliss-reactive ketones (excluding diaryl/α,β-unsaturated/α-hetero) is 1. The highest BCUT2D eigenvalue weighted by Gasteiger charge is 2.30. The summed E-state index contributed by atoms with van der Waals surface area (Å²) in [6.45, 7) is 0. The van der Waals surface area contributed by atoms with Crippen molar-refractivity contribution in [1.29, 1.82) is 0 Å². The molecule has 0 aliphatic heterocycles. The summed E-state index contributed by atoms with van der Waals surface area (Å²) in [5, 5.41) is -0.616. The summed E-state index contributed by atoms with van der Waals surface area (Å²) in [6.07, 6.45) is 1.49. The highest BCUT2D eigenvalue weighted by atomic mass is 35.5. The summed E-state index contributed by atoms with van der Waals surface area (Å²) < 4.78 is 0. The molecule has 46 valence electrons. The lowest BCUT2D eigenvalue weighted by Crippen LogP contribution is -2.12. The fourth-order valence-electron chi connectivity index (χ4n) is 0.773. The molecule has 0 heterocycles. The van der Waals surface area contributed by atoms with Gasteiger partial charge in [0.1, 0.15) is 0 Å². The fourth-order valence-corrected chi connectivity index (χ4v) is 1.39. The number of halogens is 2. The van der Waals surface area contributed by atoms with E-state index in [2.05, 4.69) is 0 Å². The quantitative estimate of drug-likeness (QED) is 0.482. The van der Waals surface area contributed by atoms with Gasteiger partial charge in [-0.15, -0.1) is 23.2 Å². The van der Waals surface area contributed by atoms with Gasteiger partial charge in [0, 0.05) is 0 Å². The minimum Gasteiger partial charge on any atom is -0.296 e. The Kier molecular flexibility index (Phi) is 1.78. The maximum atomic E-state index is 10.6. The maximum absolute atomic E-state index is 10.6. The van der Waals surface area contributed by atoms with Gasteiger partial charge in [-0.3, -0.25) is 4.79 Å². The Bertz CT molecular complexity index is 101. The third-order valence-electron chi connectivity index (χ3n) is 1.29. The van der Waals surface area contributed by atoms with Crippen LogP contribution in [0.5, 0.6) is 0 Å². The second-order valence-electron chi connectivity index (χ2n) is 1.91. The number of rotatable bonds is 0. The lowest BCUT2D eigenvalue weighted by Gasteiger charge is -1.92. The van der Waals surface area contributed by atoms with E-state index in [9.17, 15) is 4.79 Å². The van der Waals surface area contributed by atoms with Gasteiger partial charge in [0.05, 0.1) is 10.8 Å². The van der Waals surface area contributed by atoms with Gasteiger partial charge in [-0.05, 0) is 12.8 Å². The number of hydrogen-bond acceptors (Lipinski definition) is 1. The molecule has 0 spiro atoms. The molecule has 0 unspecified atom stereocenters. The van der Waals surface area contributed by atoms with Crippen molar-refractivity contribution in [2.75, 3.05) is 0 Å². The monoisotopic (exact) mass is 152 g/mol. The van der Waals surface area contributed by atoms with Gasteiger partial charge in [-0.2, -0.15) is 0 Å². The van der Waals surface area contributed by atoms with Crippen LogP contribution < -0.4 is 0 Å². The summed E-state index contributed by atoms with van der Waals surface area (Å²) in [6, 6.07) is 0. The average Bonchev–Trinajstić information content (AvgIpc) is 1.98. The normalized spacial score (nSPS) is 38.5. The van der Waals surface area contributed by atoms with Crippen LogP contribution in [0.25, 0.3) is 0 Å². The molecule has 1 nitrogen and oxygen atoms in total. The first-order chi connectivity index (χ1) is 3.72. The maximum Gasteiger partial charge on any atom is 0.168 e. The van der Waals surface area contributed by atoms with Crippen molar-refractivity contribution in [2.45, 2.75) is 23.6 Å². The molecule has 0 N–H and O–H groups in total. The molecule has 1 fully saturated rings. The van der Waals surface area contributed by atoms with Crippen molar-refractivity contribution in [3.63, 3.8) is 0 Å². The first-order valence-corrected chi connectivity index (χ1v) is 3.41. The molecule has 2 atom stereocenters. The molecular weight excluding hydrogens is 147 g/mol. The molecule has 1 aliphatic carbocycles. The highest BCUT2D eigenvalue weighted by molar-refractivity contribution is 6.41. The molecule has 0 saturated heterocycles. The number of alkyl halides is 2. The second kappa shape index (κ2) is 2.24. The number of ketones is 1. The standard InChI is InChI=1S/C5H6Cl2O/c6-3-1-2-4(7)5(3)8/h3-4H,1-2H2/t3-,4-/m0/s1. The summed E-state index contributed by atoms with van der Waals surface area (Å²) in [7, 11) is 0. The van der Waals surface area contributed by atoms with Crippen molar-refractivity contribution in [3.05, 3.63) is 0 Å². The molecule has 0 aromatic carbocycles. The predicted octanol–water partition coefficient (Wildman–Crippen LogP) is 1.56. The zero-order chi connectivity index (χ0) is 6.15. The van der Waals surface area contributed by atoms with Gasteiger partial charge in [0.2, 0.25) is 0 Å². The van der Waals surface area contributed by atoms with Crippen LogP contribution in [0.3, 0.4) is 0 Å². The molecule has 1 rings (SSSR count). The topological polar surface area (TPSA) is 17.1 Å². The van der Waals surface area contributed by atoms with Gasteiger partial charge in [0.25, 0.3) is 0 Å². The Morgan fingerprint density at radius 3 is 1.75 bits per heavy atom. The highest BCUT2D eigenvalue weighted by Crippen LogP contribution is 2.24. The van der Waals surface area contributed by atoms with Crippen LogP contribution in [-0.4, -0.2) is 16.5 Å². The third-order valence-corrected chi connectivity index (χ3v) is 2.16. The van der Waals surface area contributed by atoms with Crippen LogP contribution in [0, 0.1) is 0 Å². The summed E-state index contributed by atoms with van der Waals surface area (Å²) >= 11 is 11.0. The lowest BCUT2D eigenvalue weighted by molar-refractivity contribution is -0.116. The van der Waals surface area contributed by atoms with E-state index >= 15 is 0 Å². The van der Waals surface area contributed by atoms with Crippen LogP contribution in [0.1, 0.15) is 12.8 Å². The Balaban J connectivity index is 2.57. The van der Waals surface area contributed by atoms with Gasteiger partial charge < -0.3 is 0 Å². The summed E-state index contributed by atoms with van der Waals surface area (Å²) in [4.78, 5) is 10.6. The van der Waals surface area contributed by atoms with E-state index in [4.69, 9.17) is 23.2 Å². The number of carbonyl (C=O) groups excluding carboxylic acids is 1. The minimum atomic E-state index is -0.308. The second-order valence-corrected chi connectivity index (χ2v) is 2.97. The predicted molar refractivity (Wildman–Crippen MR) is 33.5 cm³/mol. The zero-order valence-corrected chi connectivity index (χ0v) is 5.74. The van der Waals surface area contributed by atoms with Crippen molar-refractivity contribution in [2.24, 2.45) is 0 Å². The molecule has 1 aliphatic rings. The Hall–Kier alpha value is 0.250. The molecule has 3 heteroatoms. The smallest absolute Gasteiger partial charge is 0.168 e. The lowest BCUT2D eigenvalue weighted by atomic mass is 10.3. The summed E-state index contributed by atoms with van der Waals surface area (Å²) in [5.41, 5.74) is 0. The minimum absolute atomic E-state index is 0.00617. The number of carbonyl (C=O) groups is 1. The van der Waals surface area contributed by atoms with E-state index in [1.54, 1.807) is 0 Å². The fraction of sp³-hybridized carbons (Fsp3) is 0.800. The first-order valence-electron chi connectivity index (χ1n) is 2.53. The van der Waals surface area contributed by atoms with E-state index in [1.807, 2.05) is 0 Å². The average molecular weight is 153 g/mol. The van der Waals surface area contributed by atoms with Crippen LogP contribution in [0.4, 0.5) is 0 Å². The Morgan fingerprint density at radius 1 is 1.25 bits per heavy atom. The molecule has 1 saturated carbocycles. The first kappa shape index (κ1) is 6.37. The Morgan fingerprint density at radius 2 is 1.62 bits per heavy atom.